The van der Waals surface area contributed by atoms with Crippen molar-refractivity contribution in [3.05, 3.63) is 72.9 Å². The van der Waals surface area contributed by atoms with Crippen LogP contribution in [0.2, 0.25) is 0 Å². The number of unbranched alkanes of at least 4 members (excludes halogenated alkanes) is 23. The highest BCUT2D eigenvalue weighted by atomic mass is 16.7. The first-order valence-corrected chi connectivity index (χ1v) is 28.7. The van der Waals surface area contributed by atoms with E-state index in [0.29, 0.717) is 12.8 Å². The molecule has 410 valence electrons. The lowest BCUT2D eigenvalue weighted by Gasteiger charge is -2.41. The Kier molecular flexibility index (Phi) is 44.8. The molecule has 1 fully saturated rings. The minimum atomic E-state index is -1.62. The van der Waals surface area contributed by atoms with Gasteiger partial charge in [-0.2, -0.15) is 0 Å². The molecule has 1 rings (SSSR count). The fourth-order valence-electron chi connectivity index (χ4n) is 8.57. The second-order valence-electron chi connectivity index (χ2n) is 19.6. The summed E-state index contributed by atoms with van der Waals surface area (Å²) in [7, 11) is 0. The number of hydrogen-bond acceptors (Lipinski definition) is 10. The predicted molar refractivity (Wildman–Crippen MR) is 292 cm³/mol. The van der Waals surface area contributed by atoms with Crippen molar-refractivity contribution in [3.8, 4) is 0 Å². The summed E-state index contributed by atoms with van der Waals surface area (Å²) in [6.45, 7) is 5.62. The van der Waals surface area contributed by atoms with E-state index in [1.807, 2.05) is 18.2 Å². The van der Waals surface area contributed by atoms with Gasteiger partial charge in [-0.15, -0.1) is 0 Å². The highest BCUT2D eigenvalue weighted by Gasteiger charge is 2.47. The third-order valence-corrected chi connectivity index (χ3v) is 13.1. The van der Waals surface area contributed by atoms with Crippen LogP contribution in [0, 0.1) is 0 Å². The number of amides is 1. The Labute approximate surface area is 432 Å². The number of ether oxygens (including phenoxy) is 3. The molecule has 71 heavy (non-hydrogen) atoms. The smallest absolute Gasteiger partial charge is 0.306 e. The molecule has 1 aliphatic rings. The number of hydrogen-bond donors (Lipinski definition) is 6. The summed E-state index contributed by atoms with van der Waals surface area (Å²) in [5, 5.41) is 56.7. The van der Waals surface area contributed by atoms with E-state index < -0.39 is 67.4 Å². The number of rotatable bonds is 47. The lowest BCUT2D eigenvalue weighted by molar-refractivity contribution is -0.305. The van der Waals surface area contributed by atoms with E-state index in [-0.39, 0.29) is 19.4 Å². The number of aliphatic hydroxyl groups excluding tert-OH is 5. The third-order valence-electron chi connectivity index (χ3n) is 13.1. The van der Waals surface area contributed by atoms with Crippen LogP contribution in [0.25, 0.3) is 0 Å². The van der Waals surface area contributed by atoms with E-state index in [2.05, 4.69) is 74.7 Å². The Balaban J connectivity index is 2.78. The third kappa shape index (κ3) is 36.6. The summed E-state index contributed by atoms with van der Waals surface area (Å²) in [5.41, 5.74) is 0. The van der Waals surface area contributed by atoms with Crippen LogP contribution in [-0.2, 0) is 23.8 Å². The number of carbonyl (C=O) groups excluding carboxylic acids is 2. The normalized spacial score (nSPS) is 20.1. The Morgan fingerprint density at radius 1 is 0.563 bits per heavy atom. The fourth-order valence-corrected chi connectivity index (χ4v) is 8.57. The highest BCUT2D eigenvalue weighted by molar-refractivity contribution is 5.80. The molecule has 1 heterocycles. The summed E-state index contributed by atoms with van der Waals surface area (Å²) < 4.78 is 17.5. The van der Waals surface area contributed by atoms with E-state index >= 15 is 0 Å². The van der Waals surface area contributed by atoms with Gasteiger partial charge in [0.25, 0.3) is 0 Å². The Morgan fingerprint density at radius 3 is 1.49 bits per heavy atom. The Morgan fingerprint density at radius 2 is 1.01 bits per heavy atom. The maximum Gasteiger partial charge on any atom is 0.306 e. The molecule has 0 aromatic rings. The van der Waals surface area contributed by atoms with Crippen molar-refractivity contribution in [2.24, 2.45) is 0 Å². The molecule has 0 radical (unpaired) electrons. The zero-order chi connectivity index (χ0) is 51.8. The summed E-state index contributed by atoms with van der Waals surface area (Å²) in [5.74, 6) is -1.26. The number of allylic oxidation sites excluding steroid dienone is 11. The first-order chi connectivity index (χ1) is 34.7. The van der Waals surface area contributed by atoms with E-state index in [9.17, 15) is 35.1 Å². The van der Waals surface area contributed by atoms with Gasteiger partial charge >= 0.3 is 5.97 Å². The SMILES string of the molecule is CC/C=C\C/C=C\C/C=C\C/C=C\C/C=C\CCC(O)C(=O)NC(COC1OC(CO)C(O)C(O)C1OC(=O)CCCCCCCCCCCCCCCC)C(O)/C=C/CCCCCCCCCCCC. The molecular weight excluding hydrogens is 895 g/mol. The van der Waals surface area contributed by atoms with Gasteiger partial charge in [-0.25, -0.2) is 0 Å². The Hall–Kier alpha value is -2.90. The van der Waals surface area contributed by atoms with Crippen molar-refractivity contribution < 1.29 is 49.3 Å². The van der Waals surface area contributed by atoms with Gasteiger partial charge < -0.3 is 45.1 Å². The van der Waals surface area contributed by atoms with Gasteiger partial charge in [-0.3, -0.25) is 9.59 Å². The second-order valence-corrected chi connectivity index (χ2v) is 19.6. The topological polar surface area (TPSA) is 175 Å². The van der Waals surface area contributed by atoms with Gasteiger partial charge in [0, 0.05) is 6.42 Å². The second kappa shape index (κ2) is 48.1. The maximum atomic E-state index is 13.3. The van der Waals surface area contributed by atoms with Gasteiger partial charge in [0.05, 0.1) is 25.4 Å². The molecule has 11 heteroatoms. The number of carbonyl (C=O) groups is 2. The fraction of sp³-hybridized carbons (Fsp3) is 0.767. The van der Waals surface area contributed by atoms with Crippen molar-refractivity contribution in [3.63, 3.8) is 0 Å². The van der Waals surface area contributed by atoms with Crippen LogP contribution in [0.5, 0.6) is 0 Å². The Bertz CT molecular complexity index is 1430. The van der Waals surface area contributed by atoms with Gasteiger partial charge in [0.2, 0.25) is 5.91 Å². The van der Waals surface area contributed by atoms with Crippen LogP contribution in [-0.4, -0.2) is 99.6 Å². The lowest BCUT2D eigenvalue weighted by atomic mass is 9.99. The molecule has 1 aliphatic heterocycles. The van der Waals surface area contributed by atoms with Gasteiger partial charge in [0.1, 0.15) is 24.4 Å². The van der Waals surface area contributed by atoms with Crippen molar-refractivity contribution in [1.29, 1.82) is 0 Å². The highest BCUT2D eigenvalue weighted by Crippen LogP contribution is 2.26. The largest absolute Gasteiger partial charge is 0.454 e. The minimum Gasteiger partial charge on any atom is -0.454 e. The van der Waals surface area contributed by atoms with Crippen LogP contribution >= 0.6 is 0 Å². The maximum absolute atomic E-state index is 13.3. The monoisotopic (exact) mass is 1000 g/mol. The molecule has 0 saturated carbocycles. The summed E-state index contributed by atoms with van der Waals surface area (Å²) >= 11 is 0. The molecule has 8 atom stereocenters. The van der Waals surface area contributed by atoms with E-state index in [1.165, 1.54) is 109 Å². The summed E-state index contributed by atoms with van der Waals surface area (Å²) in [6, 6.07) is -1.05. The minimum absolute atomic E-state index is 0.117. The first-order valence-electron chi connectivity index (χ1n) is 28.7. The molecule has 0 bridgehead atoms. The average Bonchev–Trinajstić information content (AvgIpc) is 3.37. The first kappa shape index (κ1) is 66.1. The van der Waals surface area contributed by atoms with Crippen LogP contribution in [0.4, 0.5) is 0 Å². The molecule has 1 saturated heterocycles. The number of aliphatic hydroxyl groups is 5. The molecule has 8 unspecified atom stereocenters. The number of esters is 1. The molecule has 0 aromatic carbocycles. The van der Waals surface area contributed by atoms with Gasteiger partial charge in [-0.1, -0.05) is 235 Å². The zero-order valence-electron chi connectivity index (χ0n) is 45.1. The van der Waals surface area contributed by atoms with E-state index in [4.69, 9.17) is 14.2 Å². The molecular formula is C60H105NO10. The van der Waals surface area contributed by atoms with Crippen LogP contribution in [0.15, 0.2) is 72.9 Å². The molecule has 0 aliphatic carbocycles. The predicted octanol–water partition coefficient (Wildman–Crippen LogP) is 12.8. The van der Waals surface area contributed by atoms with Crippen molar-refractivity contribution >= 4 is 11.9 Å². The van der Waals surface area contributed by atoms with Crippen molar-refractivity contribution in [1.82, 2.24) is 5.32 Å². The molecule has 0 aromatic heterocycles. The van der Waals surface area contributed by atoms with Crippen LogP contribution < -0.4 is 5.32 Å². The molecule has 1 amide bonds. The lowest BCUT2D eigenvalue weighted by Crippen LogP contribution is -2.61. The van der Waals surface area contributed by atoms with E-state index in [0.717, 1.165) is 77.0 Å². The summed E-state index contributed by atoms with van der Waals surface area (Å²) in [4.78, 5) is 26.4. The van der Waals surface area contributed by atoms with Crippen molar-refractivity contribution in [2.45, 2.75) is 282 Å². The number of nitrogens with one attached hydrogen (secondary N) is 1. The quantitative estimate of drug-likeness (QED) is 0.0196. The van der Waals surface area contributed by atoms with Gasteiger partial charge in [0.15, 0.2) is 12.4 Å². The van der Waals surface area contributed by atoms with Crippen molar-refractivity contribution in [2.75, 3.05) is 13.2 Å². The molecule has 11 nitrogen and oxygen atoms in total. The van der Waals surface area contributed by atoms with Crippen LogP contribution in [0.3, 0.4) is 0 Å². The standard InChI is InChI=1S/C60H105NO10/c1-4-7-10-13-16-19-22-25-27-28-29-32-35-38-41-44-47-53(64)59(68)61-51(52(63)46-43-40-37-34-31-24-21-18-15-12-9-6-3)50-69-60-58(57(67)56(66)54(49-62)70-60)71-55(65)48-45-42-39-36-33-30-26-23-20-17-14-11-8-5-2/h7,10,16,19,25,27,29,32,38,41,43,46,51-54,56-58,60,62-64,66-67H,4-6,8-9,11-15,17-18,20-24,26,28,30-31,33-37,39-40,42,44-45,47-50H2,1-3H3,(H,61,68)/b10-7-,19-16-,27-25-,32-29-,41-38-,46-43+. The summed E-state index contributed by atoms with van der Waals surface area (Å²) in [6.07, 6.45) is 49.5. The molecule has 0 spiro atoms. The van der Waals surface area contributed by atoms with Crippen LogP contribution in [0.1, 0.15) is 233 Å². The average molecular weight is 1000 g/mol. The zero-order valence-corrected chi connectivity index (χ0v) is 45.1. The van der Waals surface area contributed by atoms with Gasteiger partial charge in [-0.05, 0) is 64.2 Å². The molecule has 6 N–H and O–H groups in total. The van der Waals surface area contributed by atoms with E-state index in [1.54, 1.807) is 6.08 Å².